The van der Waals surface area contributed by atoms with E-state index in [9.17, 15) is 19.1 Å². The number of carbonyl (C=O) groups is 1. The molecule has 0 saturated heterocycles. The van der Waals surface area contributed by atoms with Crippen LogP contribution in [0.1, 0.15) is 27.0 Å². The molecule has 6 heteroatoms. The first-order valence-corrected chi connectivity index (χ1v) is 6.70. The summed E-state index contributed by atoms with van der Waals surface area (Å²) in [4.78, 5) is 24.8. The highest BCUT2D eigenvalue weighted by Crippen LogP contribution is 2.25. The summed E-state index contributed by atoms with van der Waals surface area (Å²) in [6.07, 6.45) is 1.36. The predicted octanol–water partition coefficient (Wildman–Crippen LogP) is 2.29. The van der Waals surface area contributed by atoms with Gasteiger partial charge in [-0.05, 0) is 36.8 Å². The quantitative estimate of drug-likeness (QED) is 0.693. The molecule has 1 N–H and O–H groups in total. The zero-order valence-electron chi connectivity index (χ0n) is 12.3. The van der Waals surface area contributed by atoms with E-state index in [0.29, 0.717) is 0 Å². The average Bonchev–Trinajstić information content (AvgIpc) is 2.52. The van der Waals surface area contributed by atoms with Crippen LogP contribution in [0, 0.1) is 24.1 Å². The standard InChI is InChI=1S/C17H13FN2O3/c1-3-8-20-16(22)13(9-19)10(2)14(17(20)23)15(21)11-4-6-12(18)7-5-11/h3-7,23H,1,8H2,2H3. The summed E-state index contributed by atoms with van der Waals surface area (Å²) in [6, 6.07) is 6.52. The number of hydrogen-bond donors (Lipinski definition) is 1. The minimum Gasteiger partial charge on any atom is -0.494 e. The molecular formula is C17H13FN2O3. The van der Waals surface area contributed by atoms with Gasteiger partial charge in [0.1, 0.15) is 17.4 Å². The highest BCUT2D eigenvalue weighted by atomic mass is 19.1. The number of ketones is 1. The number of rotatable bonds is 4. The highest BCUT2D eigenvalue weighted by molar-refractivity contribution is 6.11. The summed E-state index contributed by atoms with van der Waals surface area (Å²) in [7, 11) is 0. The van der Waals surface area contributed by atoms with Crippen LogP contribution >= 0.6 is 0 Å². The van der Waals surface area contributed by atoms with Gasteiger partial charge in [0.25, 0.3) is 5.56 Å². The fourth-order valence-corrected chi connectivity index (χ4v) is 2.27. The van der Waals surface area contributed by atoms with Crippen LogP contribution in [0.15, 0.2) is 41.7 Å². The van der Waals surface area contributed by atoms with Gasteiger partial charge in [-0.15, -0.1) is 6.58 Å². The lowest BCUT2D eigenvalue weighted by atomic mass is 9.97. The molecule has 0 aliphatic heterocycles. The lowest BCUT2D eigenvalue weighted by Crippen LogP contribution is -2.26. The van der Waals surface area contributed by atoms with Crippen LogP contribution in [0.3, 0.4) is 0 Å². The maximum Gasteiger partial charge on any atom is 0.271 e. The van der Waals surface area contributed by atoms with Gasteiger partial charge in [0.2, 0.25) is 5.88 Å². The van der Waals surface area contributed by atoms with Crippen LogP contribution < -0.4 is 5.56 Å². The van der Waals surface area contributed by atoms with Crippen molar-refractivity contribution in [3.63, 3.8) is 0 Å². The Balaban J connectivity index is 2.76. The second kappa shape index (κ2) is 6.28. The molecule has 5 nitrogen and oxygen atoms in total. The van der Waals surface area contributed by atoms with Crippen molar-refractivity contribution in [1.29, 1.82) is 5.26 Å². The Morgan fingerprint density at radius 3 is 2.57 bits per heavy atom. The van der Waals surface area contributed by atoms with Crippen LogP contribution in [0.4, 0.5) is 4.39 Å². The van der Waals surface area contributed by atoms with Gasteiger partial charge in [0, 0.05) is 12.1 Å². The van der Waals surface area contributed by atoms with Crippen LogP contribution in [-0.4, -0.2) is 15.5 Å². The fourth-order valence-electron chi connectivity index (χ4n) is 2.27. The van der Waals surface area contributed by atoms with E-state index in [-0.39, 0.29) is 28.8 Å². The van der Waals surface area contributed by atoms with E-state index in [1.54, 1.807) is 6.07 Å². The molecule has 2 rings (SSSR count). The largest absolute Gasteiger partial charge is 0.494 e. The van der Waals surface area contributed by atoms with Crippen molar-refractivity contribution in [1.82, 2.24) is 4.57 Å². The van der Waals surface area contributed by atoms with Gasteiger partial charge in [-0.25, -0.2) is 4.39 Å². The van der Waals surface area contributed by atoms with Crippen LogP contribution in [0.2, 0.25) is 0 Å². The topological polar surface area (TPSA) is 83.1 Å². The number of nitriles is 1. The summed E-state index contributed by atoms with van der Waals surface area (Å²) in [5, 5.41) is 19.5. The highest BCUT2D eigenvalue weighted by Gasteiger charge is 2.24. The number of halogens is 1. The lowest BCUT2D eigenvalue weighted by molar-refractivity contribution is 0.103. The third-order valence-corrected chi connectivity index (χ3v) is 3.45. The van der Waals surface area contributed by atoms with Crippen LogP contribution in [-0.2, 0) is 6.54 Å². The number of pyridine rings is 1. The maximum atomic E-state index is 13.0. The lowest BCUT2D eigenvalue weighted by Gasteiger charge is -2.14. The molecule has 0 fully saturated rings. The van der Waals surface area contributed by atoms with Crippen molar-refractivity contribution < 1.29 is 14.3 Å². The summed E-state index contributed by atoms with van der Waals surface area (Å²) < 4.78 is 13.9. The van der Waals surface area contributed by atoms with Crippen molar-refractivity contribution in [2.45, 2.75) is 13.5 Å². The molecule has 0 atom stereocenters. The summed E-state index contributed by atoms with van der Waals surface area (Å²) in [5.74, 6) is -1.65. The van der Waals surface area contributed by atoms with Crippen molar-refractivity contribution in [2.24, 2.45) is 0 Å². The number of nitrogens with zero attached hydrogens (tertiary/aromatic N) is 2. The first kappa shape index (κ1) is 16.2. The van der Waals surface area contributed by atoms with Gasteiger partial charge >= 0.3 is 0 Å². The average molecular weight is 312 g/mol. The first-order valence-electron chi connectivity index (χ1n) is 6.70. The van der Waals surface area contributed by atoms with Gasteiger partial charge in [0.05, 0.1) is 5.56 Å². The number of benzene rings is 1. The van der Waals surface area contributed by atoms with Crippen molar-refractivity contribution in [2.75, 3.05) is 0 Å². The Labute approximate surface area is 131 Å². The van der Waals surface area contributed by atoms with E-state index in [4.69, 9.17) is 5.26 Å². The van der Waals surface area contributed by atoms with Crippen molar-refractivity contribution in [3.8, 4) is 11.9 Å². The molecule has 0 saturated carbocycles. The van der Waals surface area contributed by atoms with Gasteiger partial charge < -0.3 is 5.11 Å². The normalized spacial score (nSPS) is 10.1. The second-order valence-electron chi connectivity index (χ2n) is 4.85. The number of carbonyl (C=O) groups excluding carboxylic acids is 1. The summed E-state index contributed by atoms with van der Waals surface area (Å²) >= 11 is 0. The van der Waals surface area contributed by atoms with E-state index in [1.165, 1.54) is 25.1 Å². The van der Waals surface area contributed by atoms with Gasteiger partial charge in [-0.1, -0.05) is 6.08 Å². The van der Waals surface area contributed by atoms with Gasteiger partial charge in [-0.3, -0.25) is 14.2 Å². The number of aromatic hydroxyl groups is 1. The zero-order chi connectivity index (χ0) is 17.1. The molecule has 0 radical (unpaired) electrons. The number of hydrogen-bond acceptors (Lipinski definition) is 4. The minimum absolute atomic E-state index is 0.0523. The van der Waals surface area contributed by atoms with E-state index in [0.717, 1.165) is 16.7 Å². The molecule has 1 aromatic heterocycles. The van der Waals surface area contributed by atoms with Crippen molar-refractivity contribution >= 4 is 5.78 Å². The Kier molecular flexibility index (Phi) is 4.42. The molecule has 0 spiro atoms. The number of aromatic nitrogens is 1. The van der Waals surface area contributed by atoms with Gasteiger partial charge in [-0.2, -0.15) is 5.26 Å². The molecule has 0 unspecified atom stereocenters. The molecule has 0 aliphatic rings. The number of allylic oxidation sites excluding steroid dienone is 1. The van der Waals surface area contributed by atoms with E-state index in [1.807, 2.05) is 0 Å². The van der Waals surface area contributed by atoms with E-state index in [2.05, 4.69) is 6.58 Å². The third kappa shape index (κ3) is 2.77. The summed E-state index contributed by atoms with van der Waals surface area (Å²) in [6.45, 7) is 4.84. The van der Waals surface area contributed by atoms with Crippen LogP contribution in [0.25, 0.3) is 0 Å². The Bertz CT molecular complexity index is 890. The second-order valence-corrected chi connectivity index (χ2v) is 4.85. The first-order chi connectivity index (χ1) is 10.9. The third-order valence-electron chi connectivity index (χ3n) is 3.45. The molecule has 0 bridgehead atoms. The molecule has 1 heterocycles. The molecule has 116 valence electrons. The Morgan fingerprint density at radius 2 is 2.04 bits per heavy atom. The minimum atomic E-state index is -0.696. The fraction of sp³-hybridized carbons (Fsp3) is 0.118. The predicted molar refractivity (Wildman–Crippen MR) is 81.8 cm³/mol. The van der Waals surface area contributed by atoms with Gasteiger partial charge in [0.15, 0.2) is 5.78 Å². The summed E-state index contributed by atoms with van der Waals surface area (Å²) in [5.41, 5.74) is -0.857. The zero-order valence-corrected chi connectivity index (χ0v) is 12.3. The van der Waals surface area contributed by atoms with E-state index < -0.39 is 23.0 Å². The molecule has 0 aliphatic carbocycles. The smallest absolute Gasteiger partial charge is 0.271 e. The maximum absolute atomic E-state index is 13.0. The molecule has 1 aromatic carbocycles. The Morgan fingerprint density at radius 1 is 1.43 bits per heavy atom. The van der Waals surface area contributed by atoms with Crippen molar-refractivity contribution in [3.05, 3.63) is 75.3 Å². The molecule has 0 amide bonds. The SMILES string of the molecule is C=CCn1c(O)c(C(=O)c2ccc(F)cc2)c(C)c(C#N)c1=O. The molecule has 2 aromatic rings. The van der Waals surface area contributed by atoms with E-state index >= 15 is 0 Å². The monoisotopic (exact) mass is 312 g/mol. The Hall–Kier alpha value is -3.20. The molecular weight excluding hydrogens is 299 g/mol. The van der Waals surface area contributed by atoms with Crippen LogP contribution in [0.5, 0.6) is 5.88 Å². The molecule has 23 heavy (non-hydrogen) atoms.